The summed E-state index contributed by atoms with van der Waals surface area (Å²) < 4.78 is 24.0. The van der Waals surface area contributed by atoms with Crippen LogP contribution in [-0.4, -0.2) is 31.5 Å². The minimum atomic E-state index is -3.33. The van der Waals surface area contributed by atoms with E-state index in [0.717, 1.165) is 6.26 Å². The van der Waals surface area contributed by atoms with Gasteiger partial charge in [-0.3, -0.25) is 14.9 Å². The van der Waals surface area contributed by atoms with Gasteiger partial charge < -0.3 is 5.73 Å². The van der Waals surface area contributed by atoms with Gasteiger partial charge in [0.05, 0.1) is 15.1 Å². The lowest BCUT2D eigenvalue weighted by Gasteiger charge is -2.10. The molecule has 2 aromatic carbocycles. The summed E-state index contributed by atoms with van der Waals surface area (Å²) in [4.78, 5) is 28.8. The Kier molecular flexibility index (Phi) is 4.99. The van der Waals surface area contributed by atoms with Crippen molar-refractivity contribution in [2.75, 3.05) is 11.6 Å². The molecule has 0 aliphatic heterocycles. The number of hydrogen-bond acceptors (Lipinski definition) is 6. The van der Waals surface area contributed by atoms with Gasteiger partial charge in [0.1, 0.15) is 0 Å². The van der Waals surface area contributed by atoms with Crippen molar-refractivity contribution < 1.29 is 18.0 Å². The van der Waals surface area contributed by atoms with Crippen molar-refractivity contribution in [3.63, 3.8) is 0 Å². The molecule has 3 rings (SSSR count). The second-order valence-corrected chi connectivity index (χ2v) is 8.97. The Labute approximate surface area is 160 Å². The molecule has 7 nitrogen and oxygen atoms in total. The number of rotatable bonds is 5. The molecular formula is C18H17N3O4S2. The van der Waals surface area contributed by atoms with Gasteiger partial charge in [0.2, 0.25) is 5.91 Å². The maximum Gasteiger partial charge on any atom is 0.257 e. The number of benzene rings is 2. The van der Waals surface area contributed by atoms with Crippen LogP contribution in [0, 0.1) is 0 Å². The molecule has 0 saturated heterocycles. The largest absolute Gasteiger partial charge is 0.366 e. The Hall–Kier alpha value is -2.78. The molecule has 3 N–H and O–H groups in total. The van der Waals surface area contributed by atoms with Crippen molar-refractivity contribution >= 4 is 48.3 Å². The molecule has 0 spiro atoms. The van der Waals surface area contributed by atoms with Crippen LogP contribution in [0.3, 0.4) is 0 Å². The number of nitrogens with one attached hydrogen (secondary N) is 1. The smallest absolute Gasteiger partial charge is 0.257 e. The fraction of sp³-hybridized carbons (Fsp3) is 0.167. The summed E-state index contributed by atoms with van der Waals surface area (Å²) in [5.74, 6) is -0.993. The van der Waals surface area contributed by atoms with Gasteiger partial charge >= 0.3 is 0 Å². The van der Waals surface area contributed by atoms with Crippen molar-refractivity contribution in [2.45, 2.75) is 18.2 Å². The Balaban J connectivity index is 1.95. The second kappa shape index (κ2) is 7.09. The Morgan fingerprint density at radius 1 is 1.19 bits per heavy atom. The summed E-state index contributed by atoms with van der Waals surface area (Å²) in [7, 11) is -3.33. The van der Waals surface area contributed by atoms with Gasteiger partial charge in [0, 0.05) is 17.4 Å². The van der Waals surface area contributed by atoms with E-state index in [1.807, 2.05) is 6.92 Å². The van der Waals surface area contributed by atoms with Crippen molar-refractivity contribution in [3.05, 3.63) is 53.1 Å². The molecule has 27 heavy (non-hydrogen) atoms. The second-order valence-electron chi connectivity index (χ2n) is 5.92. The van der Waals surface area contributed by atoms with Crippen molar-refractivity contribution in [1.29, 1.82) is 0 Å². The molecule has 1 aromatic heterocycles. The monoisotopic (exact) mass is 403 g/mol. The zero-order valence-corrected chi connectivity index (χ0v) is 16.3. The van der Waals surface area contributed by atoms with E-state index < -0.39 is 21.7 Å². The summed E-state index contributed by atoms with van der Waals surface area (Å²) in [6.45, 7) is 1.84. The number of carbonyl (C=O) groups is 2. The van der Waals surface area contributed by atoms with Gasteiger partial charge in [-0.05, 0) is 42.3 Å². The van der Waals surface area contributed by atoms with Crippen molar-refractivity contribution in [1.82, 2.24) is 4.98 Å². The summed E-state index contributed by atoms with van der Waals surface area (Å²) >= 11 is 1.18. The number of nitrogens with two attached hydrogens (primary N) is 1. The maximum absolute atomic E-state index is 12.7. The summed E-state index contributed by atoms with van der Waals surface area (Å²) in [6, 6.07) is 9.42. The number of aromatic nitrogens is 1. The highest BCUT2D eigenvalue weighted by Crippen LogP contribution is 2.29. The van der Waals surface area contributed by atoms with E-state index in [9.17, 15) is 18.0 Å². The summed E-state index contributed by atoms with van der Waals surface area (Å²) in [5, 5.41) is 3.05. The molecule has 3 aromatic rings. The number of carbonyl (C=O) groups excluding carboxylic acids is 2. The van der Waals surface area contributed by atoms with Gasteiger partial charge in [-0.1, -0.05) is 24.3 Å². The molecule has 0 aliphatic carbocycles. The van der Waals surface area contributed by atoms with E-state index in [4.69, 9.17) is 5.73 Å². The average Bonchev–Trinajstić information content (AvgIpc) is 3.01. The number of hydrogen-bond donors (Lipinski definition) is 2. The van der Waals surface area contributed by atoms with Crippen molar-refractivity contribution in [2.24, 2.45) is 5.73 Å². The number of nitrogens with zero attached hydrogens (tertiary/aromatic N) is 1. The molecule has 0 atom stereocenters. The lowest BCUT2D eigenvalue weighted by Crippen LogP contribution is -2.19. The zero-order chi connectivity index (χ0) is 19.8. The molecule has 0 fully saturated rings. The summed E-state index contributed by atoms with van der Waals surface area (Å²) in [5.41, 5.74) is 7.21. The number of primary amides is 1. The Morgan fingerprint density at radius 2 is 1.89 bits per heavy atom. The van der Waals surface area contributed by atoms with E-state index in [2.05, 4.69) is 10.3 Å². The highest BCUT2D eigenvalue weighted by atomic mass is 32.2. The third kappa shape index (κ3) is 3.83. The van der Waals surface area contributed by atoms with Crippen LogP contribution in [0.5, 0.6) is 0 Å². The van der Waals surface area contributed by atoms with E-state index in [-0.39, 0.29) is 4.90 Å². The number of sulfone groups is 1. The third-order valence-corrected chi connectivity index (χ3v) is 6.09. The van der Waals surface area contributed by atoms with Gasteiger partial charge in [-0.2, -0.15) is 0 Å². The third-order valence-electron chi connectivity index (χ3n) is 4.05. The van der Waals surface area contributed by atoms with E-state index in [1.165, 1.54) is 23.5 Å². The maximum atomic E-state index is 12.7. The minimum absolute atomic E-state index is 0.193. The van der Waals surface area contributed by atoms with Gasteiger partial charge in [-0.25, -0.2) is 13.4 Å². The molecule has 140 valence electrons. The van der Waals surface area contributed by atoms with Crippen LogP contribution in [0.2, 0.25) is 0 Å². The molecule has 0 unspecified atom stereocenters. The lowest BCUT2D eigenvalue weighted by atomic mass is 9.98. The zero-order valence-electron chi connectivity index (χ0n) is 14.6. The van der Waals surface area contributed by atoms with Crippen LogP contribution in [0.4, 0.5) is 5.13 Å². The normalized spacial score (nSPS) is 11.5. The van der Waals surface area contributed by atoms with E-state index >= 15 is 0 Å². The van der Waals surface area contributed by atoms with Gasteiger partial charge in [-0.15, -0.1) is 0 Å². The van der Waals surface area contributed by atoms with Crippen LogP contribution < -0.4 is 11.1 Å². The molecule has 0 aliphatic rings. The van der Waals surface area contributed by atoms with Gasteiger partial charge in [0.25, 0.3) is 5.91 Å². The first-order valence-electron chi connectivity index (χ1n) is 8.04. The number of fused-ring (bicyclic) bond motifs is 1. The van der Waals surface area contributed by atoms with Crippen molar-refractivity contribution in [3.8, 4) is 0 Å². The Morgan fingerprint density at radius 3 is 2.52 bits per heavy atom. The first-order chi connectivity index (χ1) is 12.7. The lowest BCUT2D eigenvalue weighted by molar-refractivity contribution is 0.0999. The standard InChI is InChI=1S/C18H17N3O4S2/c1-3-11-12(16(19)22)5-4-6-13(11)17(23)21-18-20-14-8-7-10(27(2,24)25)9-15(14)26-18/h4-9H,3H2,1-2H3,(H2,19,22)(H,20,21,23). The topological polar surface area (TPSA) is 119 Å². The predicted molar refractivity (Wildman–Crippen MR) is 105 cm³/mol. The molecule has 2 amide bonds. The fourth-order valence-corrected chi connectivity index (χ4v) is 4.39. The molecule has 0 saturated carbocycles. The Bertz CT molecular complexity index is 1170. The summed E-state index contributed by atoms with van der Waals surface area (Å²) in [6.07, 6.45) is 1.61. The quantitative estimate of drug-likeness (QED) is 0.679. The first-order valence-corrected chi connectivity index (χ1v) is 10.7. The highest BCUT2D eigenvalue weighted by Gasteiger charge is 2.18. The first kappa shape index (κ1) is 19.0. The molecule has 0 bridgehead atoms. The van der Waals surface area contributed by atoms with E-state index in [1.54, 1.807) is 24.3 Å². The van der Waals surface area contributed by atoms with Crippen LogP contribution in [0.15, 0.2) is 41.3 Å². The number of anilines is 1. The fourth-order valence-electron chi connectivity index (χ4n) is 2.76. The number of amides is 2. The van der Waals surface area contributed by atoms with Crippen LogP contribution in [-0.2, 0) is 16.3 Å². The molecule has 9 heteroatoms. The van der Waals surface area contributed by atoms with Crippen LogP contribution in [0.25, 0.3) is 10.2 Å². The predicted octanol–water partition coefficient (Wildman–Crippen LogP) is 2.61. The van der Waals surface area contributed by atoms with Crippen LogP contribution >= 0.6 is 11.3 Å². The minimum Gasteiger partial charge on any atom is -0.366 e. The SMILES string of the molecule is CCc1c(C(N)=O)cccc1C(=O)Nc1nc2ccc(S(C)(=O)=O)cc2s1. The average molecular weight is 403 g/mol. The molecular weight excluding hydrogens is 386 g/mol. The van der Waals surface area contributed by atoms with E-state index in [0.29, 0.717) is 38.5 Å². The van der Waals surface area contributed by atoms with Crippen LogP contribution in [0.1, 0.15) is 33.2 Å². The number of thiazole rings is 1. The molecule has 1 heterocycles. The highest BCUT2D eigenvalue weighted by molar-refractivity contribution is 7.90. The van der Waals surface area contributed by atoms with Gasteiger partial charge in [0.15, 0.2) is 15.0 Å². The molecule has 0 radical (unpaired) electrons.